The van der Waals surface area contributed by atoms with Crippen LogP contribution in [0.5, 0.6) is 0 Å². The van der Waals surface area contributed by atoms with E-state index in [-0.39, 0.29) is 11.5 Å². The number of carbonyl (C=O) groups is 1. The van der Waals surface area contributed by atoms with Gasteiger partial charge in [-0.1, -0.05) is 6.92 Å². The number of nitrogens with one attached hydrogen (secondary N) is 1. The summed E-state index contributed by atoms with van der Waals surface area (Å²) in [6, 6.07) is 2.96. The highest BCUT2D eigenvalue weighted by Gasteiger charge is 2.21. The fourth-order valence-corrected chi connectivity index (χ4v) is 1.99. The summed E-state index contributed by atoms with van der Waals surface area (Å²) in [5.41, 5.74) is 0.368. The number of rotatable bonds is 2. The second kappa shape index (κ2) is 5.14. The predicted octanol–water partition coefficient (Wildman–Crippen LogP) is 0.153. The lowest BCUT2D eigenvalue weighted by Crippen LogP contribution is -2.48. The van der Waals surface area contributed by atoms with E-state index < -0.39 is 0 Å². The molecule has 0 atom stereocenters. The lowest BCUT2D eigenvalue weighted by Gasteiger charge is -2.34. The number of H-pyrrole nitrogens is 1. The Morgan fingerprint density at radius 3 is 2.53 bits per heavy atom. The van der Waals surface area contributed by atoms with Crippen LogP contribution >= 0.6 is 0 Å². The Morgan fingerprint density at radius 2 is 2.00 bits per heavy atom. The Bertz CT molecular complexity index is 427. The largest absolute Gasteiger partial charge is 0.336 e. The molecule has 1 aliphatic heterocycles. The quantitative estimate of drug-likeness (QED) is 0.794. The Kier molecular flexibility index (Phi) is 3.58. The molecule has 5 heteroatoms. The average molecular weight is 235 g/mol. The van der Waals surface area contributed by atoms with E-state index in [1.165, 1.54) is 12.3 Å². The molecule has 0 spiro atoms. The van der Waals surface area contributed by atoms with Crippen molar-refractivity contribution in [2.24, 2.45) is 0 Å². The van der Waals surface area contributed by atoms with Gasteiger partial charge >= 0.3 is 0 Å². The molecule has 1 N–H and O–H groups in total. The van der Waals surface area contributed by atoms with Crippen LogP contribution in [0.4, 0.5) is 0 Å². The molecule has 0 radical (unpaired) electrons. The van der Waals surface area contributed by atoms with Gasteiger partial charge in [0.2, 0.25) is 5.56 Å². The van der Waals surface area contributed by atoms with Gasteiger partial charge in [0.15, 0.2) is 0 Å². The van der Waals surface area contributed by atoms with Crippen molar-refractivity contribution in [3.63, 3.8) is 0 Å². The third-order valence-corrected chi connectivity index (χ3v) is 3.14. The summed E-state index contributed by atoms with van der Waals surface area (Å²) in [6.45, 7) is 6.51. The molecule has 0 aliphatic carbocycles. The first-order valence-corrected chi connectivity index (χ1v) is 5.91. The van der Waals surface area contributed by atoms with Crippen molar-refractivity contribution in [2.75, 3.05) is 32.7 Å². The third-order valence-electron chi connectivity index (χ3n) is 3.14. The molecule has 0 saturated carbocycles. The molecule has 2 heterocycles. The normalized spacial score (nSPS) is 17.1. The van der Waals surface area contributed by atoms with Gasteiger partial charge in [-0.05, 0) is 12.6 Å². The highest BCUT2D eigenvalue weighted by atomic mass is 16.2. The van der Waals surface area contributed by atoms with Gasteiger partial charge in [-0.2, -0.15) is 0 Å². The van der Waals surface area contributed by atoms with E-state index in [4.69, 9.17) is 0 Å². The lowest BCUT2D eigenvalue weighted by molar-refractivity contribution is 0.0643. The number of pyridine rings is 1. The van der Waals surface area contributed by atoms with E-state index in [2.05, 4.69) is 16.8 Å². The predicted molar refractivity (Wildman–Crippen MR) is 65.1 cm³/mol. The number of aromatic nitrogens is 1. The summed E-state index contributed by atoms with van der Waals surface area (Å²) < 4.78 is 0. The molecule has 1 aromatic rings. The minimum Gasteiger partial charge on any atom is -0.336 e. The summed E-state index contributed by atoms with van der Waals surface area (Å²) >= 11 is 0. The first-order chi connectivity index (χ1) is 8.20. The number of hydrogen-bond donors (Lipinski definition) is 1. The maximum absolute atomic E-state index is 12.1. The van der Waals surface area contributed by atoms with Crippen molar-refractivity contribution in [1.82, 2.24) is 14.8 Å². The van der Waals surface area contributed by atoms with Crippen molar-refractivity contribution in [3.05, 3.63) is 34.2 Å². The number of carbonyl (C=O) groups excluding carboxylic acids is 1. The van der Waals surface area contributed by atoms with Gasteiger partial charge < -0.3 is 14.8 Å². The first-order valence-electron chi connectivity index (χ1n) is 5.91. The Hall–Kier alpha value is -1.62. The van der Waals surface area contributed by atoms with Gasteiger partial charge in [0.25, 0.3) is 5.91 Å². The summed E-state index contributed by atoms with van der Waals surface area (Å²) in [7, 11) is 0. The van der Waals surface area contributed by atoms with E-state index in [0.717, 1.165) is 32.7 Å². The van der Waals surface area contributed by atoms with Crippen LogP contribution in [0.3, 0.4) is 0 Å². The summed E-state index contributed by atoms with van der Waals surface area (Å²) in [6.07, 6.45) is 1.48. The van der Waals surface area contributed by atoms with Gasteiger partial charge in [-0.15, -0.1) is 0 Å². The van der Waals surface area contributed by atoms with Gasteiger partial charge in [-0.3, -0.25) is 9.59 Å². The smallest absolute Gasteiger partial charge is 0.255 e. The number of amides is 1. The van der Waals surface area contributed by atoms with E-state index in [1.807, 2.05) is 4.90 Å². The van der Waals surface area contributed by atoms with Gasteiger partial charge in [-0.25, -0.2) is 0 Å². The van der Waals surface area contributed by atoms with Crippen molar-refractivity contribution < 1.29 is 4.79 Å². The van der Waals surface area contributed by atoms with E-state index in [1.54, 1.807) is 6.07 Å². The van der Waals surface area contributed by atoms with Gasteiger partial charge in [0.05, 0.1) is 5.56 Å². The SMILES string of the molecule is CCN1CCN(C(=O)c2ccc(=O)[nH]c2)CC1. The Morgan fingerprint density at radius 1 is 1.29 bits per heavy atom. The minimum absolute atomic E-state index is 0.00277. The molecule has 0 bridgehead atoms. The molecule has 1 aromatic heterocycles. The van der Waals surface area contributed by atoms with Crippen molar-refractivity contribution >= 4 is 5.91 Å². The van der Waals surface area contributed by atoms with Crippen LogP contribution in [0.15, 0.2) is 23.1 Å². The molecule has 0 unspecified atom stereocenters. The van der Waals surface area contributed by atoms with Crippen molar-refractivity contribution in [2.45, 2.75) is 6.92 Å². The summed E-state index contributed by atoms with van der Waals surface area (Å²) in [4.78, 5) is 29.7. The van der Waals surface area contributed by atoms with Crippen LogP contribution in [0.25, 0.3) is 0 Å². The fraction of sp³-hybridized carbons (Fsp3) is 0.500. The zero-order valence-corrected chi connectivity index (χ0v) is 9.98. The second-order valence-corrected chi connectivity index (χ2v) is 4.17. The first kappa shape index (κ1) is 11.9. The zero-order valence-electron chi connectivity index (χ0n) is 9.98. The molecular formula is C12H17N3O2. The number of hydrogen-bond acceptors (Lipinski definition) is 3. The van der Waals surface area contributed by atoms with Crippen LogP contribution in [-0.4, -0.2) is 53.4 Å². The van der Waals surface area contributed by atoms with Crippen LogP contribution in [-0.2, 0) is 0 Å². The second-order valence-electron chi connectivity index (χ2n) is 4.17. The van der Waals surface area contributed by atoms with Crippen molar-refractivity contribution in [1.29, 1.82) is 0 Å². The Balaban J connectivity index is 2.01. The molecule has 1 fully saturated rings. The number of nitrogens with zero attached hydrogens (tertiary/aromatic N) is 2. The van der Waals surface area contributed by atoms with Crippen LogP contribution in [0, 0.1) is 0 Å². The van der Waals surface area contributed by atoms with Crippen LogP contribution in [0.1, 0.15) is 17.3 Å². The molecule has 1 amide bonds. The van der Waals surface area contributed by atoms with E-state index in [9.17, 15) is 9.59 Å². The Labute approximate surface area is 100 Å². The monoisotopic (exact) mass is 235 g/mol. The van der Waals surface area contributed by atoms with Crippen LogP contribution in [0.2, 0.25) is 0 Å². The van der Waals surface area contributed by atoms with Crippen molar-refractivity contribution in [3.8, 4) is 0 Å². The molecule has 1 aliphatic rings. The molecule has 0 aromatic carbocycles. The standard InChI is InChI=1S/C12H17N3O2/c1-2-14-5-7-15(8-6-14)12(17)10-3-4-11(16)13-9-10/h3-4,9H,2,5-8H2,1H3,(H,13,16). The highest BCUT2D eigenvalue weighted by molar-refractivity contribution is 5.93. The molecule has 1 saturated heterocycles. The number of aromatic amines is 1. The summed E-state index contributed by atoms with van der Waals surface area (Å²) in [5.74, 6) is -0.00277. The molecule has 5 nitrogen and oxygen atoms in total. The van der Waals surface area contributed by atoms with Gasteiger partial charge in [0.1, 0.15) is 0 Å². The lowest BCUT2D eigenvalue weighted by atomic mass is 10.2. The fourth-order valence-electron chi connectivity index (χ4n) is 1.99. The number of piperazine rings is 1. The van der Waals surface area contributed by atoms with E-state index >= 15 is 0 Å². The average Bonchev–Trinajstić information content (AvgIpc) is 2.39. The zero-order chi connectivity index (χ0) is 12.3. The minimum atomic E-state index is -0.183. The van der Waals surface area contributed by atoms with Crippen LogP contribution < -0.4 is 5.56 Å². The third kappa shape index (κ3) is 2.74. The molecule has 2 rings (SSSR count). The van der Waals surface area contributed by atoms with Gasteiger partial charge in [0, 0.05) is 38.4 Å². The number of likely N-dealkylation sites (N-methyl/N-ethyl adjacent to an activating group) is 1. The maximum atomic E-state index is 12.1. The highest BCUT2D eigenvalue weighted by Crippen LogP contribution is 2.06. The van der Waals surface area contributed by atoms with E-state index in [0.29, 0.717) is 5.56 Å². The molecular weight excluding hydrogens is 218 g/mol. The molecule has 92 valence electrons. The molecule has 17 heavy (non-hydrogen) atoms. The topological polar surface area (TPSA) is 56.4 Å². The summed E-state index contributed by atoms with van der Waals surface area (Å²) in [5, 5.41) is 0. The maximum Gasteiger partial charge on any atom is 0.255 e.